The molecule has 0 aliphatic heterocycles. The van der Waals surface area contributed by atoms with Gasteiger partial charge >= 0.3 is 0 Å². The summed E-state index contributed by atoms with van der Waals surface area (Å²) in [5.41, 5.74) is 7.32. The van der Waals surface area contributed by atoms with Crippen LogP contribution in [0.4, 0.5) is 0 Å². The molecule has 3 heteroatoms. The van der Waals surface area contributed by atoms with Crippen molar-refractivity contribution in [1.29, 1.82) is 0 Å². The van der Waals surface area contributed by atoms with Crippen LogP contribution in [0.25, 0.3) is 0 Å². The fourth-order valence-electron chi connectivity index (χ4n) is 2.67. The predicted octanol–water partition coefficient (Wildman–Crippen LogP) is 3.11. The van der Waals surface area contributed by atoms with E-state index >= 15 is 0 Å². The Balaban J connectivity index is 2.25. The highest BCUT2D eigenvalue weighted by Crippen LogP contribution is 2.36. The molecule has 1 aliphatic carbocycles. The summed E-state index contributed by atoms with van der Waals surface area (Å²) < 4.78 is 0. The monoisotopic (exact) mass is 274 g/mol. The van der Waals surface area contributed by atoms with Crippen LogP contribution >= 0.6 is 0 Å². The van der Waals surface area contributed by atoms with Crippen LogP contribution in [0, 0.1) is 5.92 Å². The zero-order valence-electron chi connectivity index (χ0n) is 12.8. The Kier molecular flexibility index (Phi) is 4.81. The van der Waals surface area contributed by atoms with Gasteiger partial charge in [0.05, 0.1) is 12.1 Å². The van der Waals surface area contributed by atoms with E-state index in [2.05, 4.69) is 24.0 Å². The van der Waals surface area contributed by atoms with Crippen molar-refractivity contribution in [3.8, 4) is 0 Å². The SMILES string of the molecule is CC[C@@H](c1ccccc1)N(C(=O)C(N)C(C)C)C1CC1. The number of amides is 1. The van der Waals surface area contributed by atoms with E-state index in [1.54, 1.807) is 0 Å². The minimum absolute atomic E-state index is 0.109. The summed E-state index contributed by atoms with van der Waals surface area (Å²) in [6.45, 7) is 6.16. The molecule has 0 radical (unpaired) electrons. The van der Waals surface area contributed by atoms with E-state index in [4.69, 9.17) is 5.73 Å². The van der Waals surface area contributed by atoms with E-state index in [-0.39, 0.29) is 17.9 Å². The normalized spacial score (nSPS) is 17.9. The van der Waals surface area contributed by atoms with Crippen molar-refractivity contribution in [2.24, 2.45) is 11.7 Å². The van der Waals surface area contributed by atoms with Gasteiger partial charge in [0, 0.05) is 6.04 Å². The van der Waals surface area contributed by atoms with Crippen molar-refractivity contribution < 1.29 is 4.79 Å². The summed E-state index contributed by atoms with van der Waals surface area (Å²) in [5, 5.41) is 0. The number of rotatable bonds is 6. The Morgan fingerprint density at radius 3 is 2.35 bits per heavy atom. The molecule has 0 saturated heterocycles. The third-order valence-corrected chi connectivity index (χ3v) is 4.10. The van der Waals surface area contributed by atoms with E-state index in [0.717, 1.165) is 19.3 Å². The highest BCUT2D eigenvalue weighted by Gasteiger charge is 2.39. The Labute approximate surface area is 122 Å². The molecule has 20 heavy (non-hydrogen) atoms. The molecule has 110 valence electrons. The second-order valence-electron chi connectivity index (χ2n) is 6.08. The summed E-state index contributed by atoms with van der Waals surface area (Å²) in [7, 11) is 0. The molecule has 0 spiro atoms. The number of nitrogens with two attached hydrogens (primary N) is 1. The van der Waals surface area contributed by atoms with Gasteiger partial charge in [0.25, 0.3) is 0 Å². The van der Waals surface area contributed by atoms with Crippen molar-refractivity contribution >= 4 is 5.91 Å². The van der Waals surface area contributed by atoms with E-state index in [0.29, 0.717) is 6.04 Å². The molecule has 1 unspecified atom stereocenters. The molecule has 0 aromatic heterocycles. The molecule has 1 aliphatic rings. The molecule has 1 aromatic rings. The maximum absolute atomic E-state index is 12.7. The van der Waals surface area contributed by atoms with Gasteiger partial charge in [-0.1, -0.05) is 51.1 Å². The van der Waals surface area contributed by atoms with Gasteiger partial charge in [-0.2, -0.15) is 0 Å². The third kappa shape index (κ3) is 3.21. The fourth-order valence-corrected chi connectivity index (χ4v) is 2.67. The van der Waals surface area contributed by atoms with Crippen molar-refractivity contribution in [3.63, 3.8) is 0 Å². The Morgan fingerprint density at radius 2 is 1.90 bits per heavy atom. The van der Waals surface area contributed by atoms with E-state index in [9.17, 15) is 4.79 Å². The van der Waals surface area contributed by atoms with Crippen LogP contribution in [0.15, 0.2) is 30.3 Å². The van der Waals surface area contributed by atoms with Crippen LogP contribution in [0.3, 0.4) is 0 Å². The van der Waals surface area contributed by atoms with Crippen LogP contribution < -0.4 is 5.73 Å². The van der Waals surface area contributed by atoms with Gasteiger partial charge in [-0.05, 0) is 30.7 Å². The van der Waals surface area contributed by atoms with Gasteiger partial charge in [-0.25, -0.2) is 0 Å². The highest BCUT2D eigenvalue weighted by molar-refractivity contribution is 5.83. The van der Waals surface area contributed by atoms with Crippen LogP contribution in [0.2, 0.25) is 0 Å². The topological polar surface area (TPSA) is 46.3 Å². The molecule has 1 fully saturated rings. The van der Waals surface area contributed by atoms with Gasteiger partial charge < -0.3 is 10.6 Å². The molecule has 0 bridgehead atoms. The zero-order valence-corrected chi connectivity index (χ0v) is 12.8. The number of hydrogen-bond acceptors (Lipinski definition) is 2. The maximum Gasteiger partial charge on any atom is 0.240 e. The molecule has 1 amide bonds. The summed E-state index contributed by atoms with van der Waals surface area (Å²) in [6, 6.07) is 10.5. The first-order valence-corrected chi connectivity index (χ1v) is 7.69. The van der Waals surface area contributed by atoms with Crippen LogP contribution in [0.1, 0.15) is 51.6 Å². The van der Waals surface area contributed by atoms with E-state index in [1.807, 2.05) is 32.0 Å². The van der Waals surface area contributed by atoms with E-state index < -0.39 is 6.04 Å². The number of hydrogen-bond donors (Lipinski definition) is 1. The fraction of sp³-hybridized carbons (Fsp3) is 0.588. The van der Waals surface area contributed by atoms with Gasteiger partial charge in [0.2, 0.25) is 5.91 Å². The van der Waals surface area contributed by atoms with Crippen molar-refractivity contribution in [3.05, 3.63) is 35.9 Å². The van der Waals surface area contributed by atoms with Gasteiger partial charge in [-0.3, -0.25) is 4.79 Å². The lowest BCUT2D eigenvalue weighted by Gasteiger charge is -2.34. The lowest BCUT2D eigenvalue weighted by Crippen LogP contribution is -2.48. The predicted molar refractivity (Wildman–Crippen MR) is 82.2 cm³/mol. The van der Waals surface area contributed by atoms with Crippen LogP contribution in [-0.4, -0.2) is 22.9 Å². The first-order chi connectivity index (χ1) is 9.56. The molecule has 1 saturated carbocycles. The number of carbonyl (C=O) groups is 1. The summed E-state index contributed by atoms with van der Waals surface area (Å²) >= 11 is 0. The summed E-state index contributed by atoms with van der Waals surface area (Å²) in [6.07, 6.45) is 3.15. The number of nitrogens with zero attached hydrogens (tertiary/aromatic N) is 1. The first kappa shape index (κ1) is 15.0. The number of benzene rings is 1. The first-order valence-electron chi connectivity index (χ1n) is 7.69. The average Bonchev–Trinajstić information content (AvgIpc) is 3.28. The smallest absolute Gasteiger partial charge is 0.240 e. The second-order valence-corrected chi connectivity index (χ2v) is 6.08. The van der Waals surface area contributed by atoms with Gasteiger partial charge in [0.1, 0.15) is 0 Å². The molecule has 2 atom stereocenters. The van der Waals surface area contributed by atoms with Crippen molar-refractivity contribution in [1.82, 2.24) is 4.90 Å². The van der Waals surface area contributed by atoms with E-state index in [1.165, 1.54) is 5.56 Å². The molecule has 2 N–H and O–H groups in total. The maximum atomic E-state index is 12.7. The lowest BCUT2D eigenvalue weighted by atomic mass is 9.98. The van der Waals surface area contributed by atoms with Crippen molar-refractivity contribution in [2.75, 3.05) is 0 Å². The molecule has 1 aromatic carbocycles. The van der Waals surface area contributed by atoms with Crippen LogP contribution in [0.5, 0.6) is 0 Å². The average molecular weight is 274 g/mol. The Bertz CT molecular complexity index is 440. The lowest BCUT2D eigenvalue weighted by molar-refractivity contribution is -0.137. The molecule has 2 rings (SSSR count). The largest absolute Gasteiger partial charge is 0.331 e. The quantitative estimate of drug-likeness (QED) is 0.866. The molecular weight excluding hydrogens is 248 g/mol. The van der Waals surface area contributed by atoms with Crippen molar-refractivity contribution in [2.45, 2.75) is 58.2 Å². The summed E-state index contributed by atoms with van der Waals surface area (Å²) in [4.78, 5) is 14.8. The minimum atomic E-state index is -0.395. The summed E-state index contributed by atoms with van der Waals surface area (Å²) in [5.74, 6) is 0.287. The van der Waals surface area contributed by atoms with Crippen LogP contribution in [-0.2, 0) is 4.79 Å². The molecule has 0 heterocycles. The Hall–Kier alpha value is -1.35. The Morgan fingerprint density at radius 1 is 1.30 bits per heavy atom. The zero-order chi connectivity index (χ0) is 14.7. The molecule has 3 nitrogen and oxygen atoms in total. The molecular formula is C17H26N2O. The highest BCUT2D eigenvalue weighted by atomic mass is 16.2. The third-order valence-electron chi connectivity index (χ3n) is 4.10. The standard InChI is InChI=1S/C17H26N2O/c1-4-15(13-8-6-5-7-9-13)19(14-10-11-14)17(20)16(18)12(2)3/h5-9,12,14-16H,4,10-11,18H2,1-3H3/t15-,16?/m0/s1. The van der Waals surface area contributed by atoms with Gasteiger partial charge in [0.15, 0.2) is 0 Å². The van der Waals surface area contributed by atoms with Gasteiger partial charge in [-0.15, -0.1) is 0 Å². The second kappa shape index (κ2) is 6.40. The minimum Gasteiger partial charge on any atom is -0.331 e. The number of carbonyl (C=O) groups excluding carboxylic acids is 1.